The number of nitrogens with zero attached hydrogens (tertiary/aromatic N) is 3. The SMILES string of the molecule is CCOc1cc(NCCCN2CCCCC2C)ncn1. The summed E-state index contributed by atoms with van der Waals surface area (Å²) < 4.78 is 5.36. The minimum absolute atomic E-state index is 0.628. The van der Waals surface area contributed by atoms with Crippen molar-refractivity contribution < 1.29 is 4.74 Å². The third-order valence-corrected chi connectivity index (χ3v) is 3.80. The molecule has 5 nitrogen and oxygen atoms in total. The van der Waals surface area contributed by atoms with Crippen molar-refractivity contribution in [2.24, 2.45) is 0 Å². The van der Waals surface area contributed by atoms with E-state index < -0.39 is 0 Å². The molecule has 1 saturated heterocycles. The fourth-order valence-corrected chi connectivity index (χ4v) is 2.65. The third kappa shape index (κ3) is 4.63. The van der Waals surface area contributed by atoms with Gasteiger partial charge in [0.15, 0.2) is 0 Å². The van der Waals surface area contributed by atoms with E-state index in [4.69, 9.17) is 4.74 Å². The fraction of sp³-hybridized carbons (Fsp3) is 0.733. The lowest BCUT2D eigenvalue weighted by molar-refractivity contribution is 0.160. The summed E-state index contributed by atoms with van der Waals surface area (Å²) in [5.74, 6) is 1.48. The molecule has 1 aliphatic rings. The number of anilines is 1. The largest absolute Gasteiger partial charge is 0.478 e. The van der Waals surface area contributed by atoms with Crippen LogP contribution in [0.15, 0.2) is 12.4 Å². The lowest BCUT2D eigenvalue weighted by atomic mass is 10.0. The maximum Gasteiger partial charge on any atom is 0.218 e. The molecule has 0 aromatic carbocycles. The molecule has 1 N–H and O–H groups in total. The highest BCUT2D eigenvalue weighted by atomic mass is 16.5. The molecule has 5 heteroatoms. The van der Waals surface area contributed by atoms with E-state index in [-0.39, 0.29) is 0 Å². The Labute approximate surface area is 121 Å². The van der Waals surface area contributed by atoms with Crippen LogP contribution in [0.25, 0.3) is 0 Å². The van der Waals surface area contributed by atoms with Crippen molar-refractivity contribution >= 4 is 5.82 Å². The molecule has 0 spiro atoms. The summed E-state index contributed by atoms with van der Waals surface area (Å²) in [5.41, 5.74) is 0. The lowest BCUT2D eigenvalue weighted by Crippen LogP contribution is -2.38. The van der Waals surface area contributed by atoms with Gasteiger partial charge in [0.1, 0.15) is 12.1 Å². The number of ether oxygens (including phenoxy) is 1. The average molecular weight is 278 g/mol. The first kappa shape index (κ1) is 15.0. The van der Waals surface area contributed by atoms with Gasteiger partial charge in [0, 0.05) is 25.2 Å². The van der Waals surface area contributed by atoms with Crippen LogP contribution in [-0.2, 0) is 0 Å². The van der Waals surface area contributed by atoms with Gasteiger partial charge in [-0.05, 0) is 39.7 Å². The molecule has 1 unspecified atom stereocenters. The molecule has 1 aromatic heterocycles. The molecule has 2 heterocycles. The van der Waals surface area contributed by atoms with Gasteiger partial charge < -0.3 is 15.0 Å². The summed E-state index contributed by atoms with van der Waals surface area (Å²) in [5, 5.41) is 3.34. The summed E-state index contributed by atoms with van der Waals surface area (Å²) >= 11 is 0. The summed E-state index contributed by atoms with van der Waals surface area (Å²) in [6.45, 7) is 8.27. The zero-order valence-electron chi connectivity index (χ0n) is 12.6. The molecule has 0 bridgehead atoms. The average Bonchev–Trinajstić information content (AvgIpc) is 2.46. The lowest BCUT2D eigenvalue weighted by Gasteiger charge is -2.33. The Balaban J connectivity index is 1.68. The molecular weight excluding hydrogens is 252 g/mol. The summed E-state index contributed by atoms with van der Waals surface area (Å²) in [6.07, 6.45) is 6.76. The van der Waals surface area contributed by atoms with Crippen LogP contribution < -0.4 is 10.1 Å². The van der Waals surface area contributed by atoms with Gasteiger partial charge in [0.05, 0.1) is 6.61 Å². The molecule has 0 saturated carbocycles. The predicted molar refractivity (Wildman–Crippen MR) is 81.2 cm³/mol. The Bertz CT molecular complexity index is 399. The van der Waals surface area contributed by atoms with Crippen molar-refractivity contribution in [1.29, 1.82) is 0 Å². The van der Waals surface area contributed by atoms with E-state index in [1.807, 2.05) is 13.0 Å². The van der Waals surface area contributed by atoms with E-state index >= 15 is 0 Å². The minimum atomic E-state index is 0.628. The highest BCUT2D eigenvalue weighted by molar-refractivity contribution is 5.36. The van der Waals surface area contributed by atoms with E-state index in [9.17, 15) is 0 Å². The summed E-state index contributed by atoms with van der Waals surface area (Å²) in [4.78, 5) is 10.9. The van der Waals surface area contributed by atoms with Crippen molar-refractivity contribution in [2.45, 2.75) is 45.6 Å². The maximum absolute atomic E-state index is 5.36. The standard InChI is InChI=1S/C15H26N4O/c1-3-20-15-11-14(17-12-18-15)16-8-6-10-19-9-5-4-7-13(19)2/h11-13H,3-10H2,1-2H3,(H,16,17,18). The molecule has 1 aromatic rings. The second-order valence-corrected chi connectivity index (χ2v) is 5.34. The number of likely N-dealkylation sites (tertiary alicyclic amines) is 1. The Kier molecular flexibility index (Phi) is 6.05. The van der Waals surface area contributed by atoms with Gasteiger partial charge in [0.2, 0.25) is 5.88 Å². The van der Waals surface area contributed by atoms with Gasteiger partial charge in [-0.25, -0.2) is 9.97 Å². The van der Waals surface area contributed by atoms with Crippen molar-refractivity contribution in [3.05, 3.63) is 12.4 Å². The number of nitrogens with one attached hydrogen (secondary N) is 1. The third-order valence-electron chi connectivity index (χ3n) is 3.80. The van der Waals surface area contributed by atoms with Crippen molar-refractivity contribution in [3.8, 4) is 5.88 Å². The van der Waals surface area contributed by atoms with Crippen molar-refractivity contribution in [1.82, 2.24) is 14.9 Å². The predicted octanol–water partition coefficient (Wildman–Crippen LogP) is 2.55. The van der Waals surface area contributed by atoms with E-state index in [1.54, 1.807) is 6.33 Å². The molecule has 1 aliphatic heterocycles. The highest BCUT2D eigenvalue weighted by Crippen LogP contribution is 2.16. The van der Waals surface area contributed by atoms with Crippen LogP contribution in [0.4, 0.5) is 5.82 Å². The number of piperidine rings is 1. The van der Waals surface area contributed by atoms with Gasteiger partial charge in [-0.3, -0.25) is 0 Å². The molecule has 0 radical (unpaired) electrons. The first-order valence-electron chi connectivity index (χ1n) is 7.72. The van der Waals surface area contributed by atoms with E-state index in [0.29, 0.717) is 12.5 Å². The Morgan fingerprint density at radius 2 is 2.30 bits per heavy atom. The maximum atomic E-state index is 5.36. The molecular formula is C15H26N4O. The van der Waals surface area contributed by atoms with E-state index in [1.165, 1.54) is 25.8 Å². The van der Waals surface area contributed by atoms with Gasteiger partial charge >= 0.3 is 0 Å². The van der Waals surface area contributed by atoms with Crippen molar-refractivity contribution in [2.75, 3.05) is 31.6 Å². The van der Waals surface area contributed by atoms with Crippen molar-refractivity contribution in [3.63, 3.8) is 0 Å². The van der Waals surface area contributed by atoms with E-state index in [2.05, 4.69) is 27.1 Å². The second kappa shape index (κ2) is 8.04. The minimum Gasteiger partial charge on any atom is -0.478 e. The molecule has 2 rings (SSSR count). The molecule has 0 amide bonds. The zero-order valence-corrected chi connectivity index (χ0v) is 12.6. The van der Waals surface area contributed by atoms with E-state index in [0.717, 1.165) is 31.4 Å². The van der Waals surface area contributed by atoms with Crippen LogP contribution >= 0.6 is 0 Å². The Morgan fingerprint density at radius 3 is 3.10 bits per heavy atom. The van der Waals surface area contributed by atoms with Gasteiger partial charge in [-0.1, -0.05) is 6.42 Å². The number of hydrogen-bond donors (Lipinski definition) is 1. The topological polar surface area (TPSA) is 50.3 Å². The second-order valence-electron chi connectivity index (χ2n) is 5.34. The zero-order chi connectivity index (χ0) is 14.2. The summed E-state index contributed by atoms with van der Waals surface area (Å²) in [7, 11) is 0. The molecule has 20 heavy (non-hydrogen) atoms. The molecule has 0 aliphatic carbocycles. The Morgan fingerprint density at radius 1 is 1.40 bits per heavy atom. The van der Waals surface area contributed by atoms with Crippen LogP contribution in [0, 0.1) is 0 Å². The first-order valence-corrected chi connectivity index (χ1v) is 7.72. The number of hydrogen-bond acceptors (Lipinski definition) is 5. The quantitative estimate of drug-likeness (QED) is 0.777. The van der Waals surface area contributed by atoms with Gasteiger partial charge in [-0.15, -0.1) is 0 Å². The highest BCUT2D eigenvalue weighted by Gasteiger charge is 2.16. The number of rotatable bonds is 7. The van der Waals surface area contributed by atoms with Crippen LogP contribution in [0.5, 0.6) is 5.88 Å². The van der Waals surface area contributed by atoms with Gasteiger partial charge in [-0.2, -0.15) is 0 Å². The van der Waals surface area contributed by atoms with Crippen LogP contribution in [-0.4, -0.2) is 47.2 Å². The summed E-state index contributed by atoms with van der Waals surface area (Å²) in [6, 6.07) is 2.60. The smallest absolute Gasteiger partial charge is 0.218 e. The fourth-order valence-electron chi connectivity index (χ4n) is 2.65. The van der Waals surface area contributed by atoms with Crippen LogP contribution in [0.3, 0.4) is 0 Å². The van der Waals surface area contributed by atoms with Crippen LogP contribution in [0.1, 0.15) is 39.5 Å². The normalized spacial score (nSPS) is 19.8. The molecule has 1 fully saturated rings. The first-order chi connectivity index (χ1) is 9.79. The number of aromatic nitrogens is 2. The van der Waals surface area contributed by atoms with Crippen LogP contribution in [0.2, 0.25) is 0 Å². The van der Waals surface area contributed by atoms with Gasteiger partial charge in [0.25, 0.3) is 0 Å². The monoisotopic (exact) mass is 278 g/mol. The molecule has 112 valence electrons. The molecule has 1 atom stereocenters. The Hall–Kier alpha value is -1.36.